The quantitative estimate of drug-likeness (QED) is 0.635. The van der Waals surface area contributed by atoms with Crippen LogP contribution in [0.4, 0.5) is 18.0 Å². The summed E-state index contributed by atoms with van der Waals surface area (Å²) in [6.07, 6.45) is -4.55. The van der Waals surface area contributed by atoms with Gasteiger partial charge in [-0.05, 0) is 35.4 Å². The average molecular weight is 476 g/mol. The number of halogens is 5. The highest BCUT2D eigenvalue weighted by Crippen LogP contribution is 2.29. The second-order valence-electron chi connectivity index (χ2n) is 7.23. The number of nitrogens with one attached hydrogen (secondary N) is 2. The molecule has 2 aromatic carbocycles. The molecule has 0 spiro atoms. The molecule has 10 heteroatoms. The maximum absolute atomic E-state index is 12.6. The van der Waals surface area contributed by atoms with Gasteiger partial charge in [0.25, 0.3) is 0 Å². The predicted octanol–water partition coefficient (Wildman–Crippen LogP) is 4.71. The first kappa shape index (κ1) is 23.7. The largest absolute Gasteiger partial charge is 0.416 e. The molecule has 31 heavy (non-hydrogen) atoms. The third-order valence-corrected chi connectivity index (χ3v) is 5.58. The Hall–Kier alpha value is -2.00. The molecular formula is C21H22Cl2F3N3O2. The summed E-state index contributed by atoms with van der Waals surface area (Å²) in [4.78, 5) is 14.2. The Morgan fingerprint density at radius 1 is 1.06 bits per heavy atom. The van der Waals surface area contributed by atoms with Crippen molar-refractivity contribution in [2.45, 2.75) is 25.4 Å². The number of carbonyl (C=O) groups excluding carboxylic acids is 1. The number of carbonyl (C=O) groups is 1. The zero-order valence-corrected chi connectivity index (χ0v) is 18.0. The number of amides is 2. The maximum Gasteiger partial charge on any atom is 0.416 e. The second-order valence-corrected chi connectivity index (χ2v) is 8.05. The first-order valence-electron chi connectivity index (χ1n) is 9.66. The van der Waals surface area contributed by atoms with Gasteiger partial charge in [-0.25, -0.2) is 4.79 Å². The van der Waals surface area contributed by atoms with Gasteiger partial charge in [0.1, 0.15) is 0 Å². The van der Waals surface area contributed by atoms with E-state index >= 15 is 0 Å². The van der Waals surface area contributed by atoms with E-state index < -0.39 is 17.8 Å². The summed E-state index contributed by atoms with van der Waals surface area (Å²) in [5.74, 6) is 0. The van der Waals surface area contributed by atoms with Crippen LogP contribution in [0.5, 0.6) is 0 Å². The SMILES string of the molecule is O=C(NCc1ccc(C(F)(F)F)cc1)NCC1CN(Cc2ccc(Cl)c(Cl)c2)CCO1. The number of ether oxygens (including phenoxy) is 1. The first-order valence-corrected chi connectivity index (χ1v) is 10.4. The molecule has 0 bridgehead atoms. The summed E-state index contributed by atoms with van der Waals surface area (Å²) in [6.45, 7) is 3.07. The van der Waals surface area contributed by atoms with Crippen molar-refractivity contribution in [3.63, 3.8) is 0 Å². The maximum atomic E-state index is 12.6. The summed E-state index contributed by atoms with van der Waals surface area (Å²) in [7, 11) is 0. The Morgan fingerprint density at radius 3 is 2.45 bits per heavy atom. The Labute approximate surface area is 188 Å². The number of rotatable bonds is 6. The minimum Gasteiger partial charge on any atom is -0.374 e. The van der Waals surface area contributed by atoms with Gasteiger partial charge in [-0.3, -0.25) is 4.90 Å². The van der Waals surface area contributed by atoms with Crippen LogP contribution in [-0.2, 0) is 24.0 Å². The Morgan fingerprint density at radius 2 is 1.77 bits per heavy atom. The summed E-state index contributed by atoms with van der Waals surface area (Å²) in [5, 5.41) is 6.39. The molecule has 1 unspecified atom stereocenters. The van der Waals surface area contributed by atoms with Crippen LogP contribution in [0.15, 0.2) is 42.5 Å². The fourth-order valence-corrected chi connectivity index (χ4v) is 3.53. The van der Waals surface area contributed by atoms with Crippen molar-refractivity contribution in [1.29, 1.82) is 0 Å². The summed E-state index contributed by atoms with van der Waals surface area (Å²) in [5.41, 5.74) is 0.891. The van der Waals surface area contributed by atoms with Crippen LogP contribution in [0.25, 0.3) is 0 Å². The van der Waals surface area contributed by atoms with Crippen molar-refractivity contribution >= 4 is 29.2 Å². The molecule has 1 aliphatic rings. The van der Waals surface area contributed by atoms with E-state index in [2.05, 4.69) is 15.5 Å². The van der Waals surface area contributed by atoms with Crippen molar-refractivity contribution in [3.05, 3.63) is 69.2 Å². The van der Waals surface area contributed by atoms with Gasteiger partial charge < -0.3 is 15.4 Å². The van der Waals surface area contributed by atoms with Crippen LogP contribution in [0.3, 0.4) is 0 Å². The zero-order valence-electron chi connectivity index (χ0n) is 16.5. The minimum absolute atomic E-state index is 0.124. The van der Waals surface area contributed by atoms with Crippen molar-refractivity contribution in [3.8, 4) is 0 Å². The zero-order chi connectivity index (χ0) is 22.4. The van der Waals surface area contributed by atoms with Crippen LogP contribution in [0.2, 0.25) is 10.0 Å². The van der Waals surface area contributed by atoms with Crippen LogP contribution >= 0.6 is 23.2 Å². The average Bonchev–Trinajstić information content (AvgIpc) is 2.73. The normalized spacial score (nSPS) is 17.4. The highest BCUT2D eigenvalue weighted by atomic mass is 35.5. The topological polar surface area (TPSA) is 53.6 Å². The minimum atomic E-state index is -4.38. The number of hydrogen-bond acceptors (Lipinski definition) is 3. The molecule has 2 amide bonds. The molecule has 5 nitrogen and oxygen atoms in total. The Kier molecular flexibility index (Phi) is 8.05. The predicted molar refractivity (Wildman–Crippen MR) is 113 cm³/mol. The molecule has 0 saturated carbocycles. The standard InChI is InChI=1S/C21H22Cl2F3N3O2/c22-18-6-3-15(9-19(18)23)12-29-7-8-31-17(13-29)11-28-20(30)27-10-14-1-4-16(5-2-14)21(24,25)26/h1-6,9,17H,7-8,10-13H2,(H2,27,28,30). The van der Waals surface area contributed by atoms with Gasteiger partial charge in [-0.15, -0.1) is 0 Å². The number of urea groups is 1. The van der Waals surface area contributed by atoms with Gasteiger partial charge in [0, 0.05) is 32.7 Å². The molecule has 3 rings (SSSR count). The van der Waals surface area contributed by atoms with E-state index in [1.54, 1.807) is 6.07 Å². The van der Waals surface area contributed by atoms with Gasteiger partial charge in [0.05, 0.1) is 28.3 Å². The molecule has 1 heterocycles. The van der Waals surface area contributed by atoms with Gasteiger partial charge >= 0.3 is 12.2 Å². The summed E-state index contributed by atoms with van der Waals surface area (Å²) < 4.78 is 43.5. The highest BCUT2D eigenvalue weighted by Gasteiger charge is 2.29. The van der Waals surface area contributed by atoms with Crippen molar-refractivity contribution in [2.75, 3.05) is 26.2 Å². The van der Waals surface area contributed by atoms with Crippen molar-refractivity contribution < 1.29 is 22.7 Å². The van der Waals surface area contributed by atoms with E-state index in [0.717, 1.165) is 24.2 Å². The fourth-order valence-electron chi connectivity index (χ4n) is 3.21. The van der Waals surface area contributed by atoms with Gasteiger partial charge in [-0.1, -0.05) is 41.4 Å². The fraction of sp³-hybridized carbons (Fsp3) is 0.381. The number of morpholine rings is 1. The third-order valence-electron chi connectivity index (χ3n) is 4.84. The molecule has 2 aromatic rings. The lowest BCUT2D eigenvalue weighted by Crippen LogP contribution is -2.48. The lowest BCUT2D eigenvalue weighted by Gasteiger charge is -2.33. The van der Waals surface area contributed by atoms with E-state index in [1.165, 1.54) is 12.1 Å². The van der Waals surface area contributed by atoms with E-state index in [9.17, 15) is 18.0 Å². The van der Waals surface area contributed by atoms with E-state index in [1.807, 2.05) is 12.1 Å². The highest BCUT2D eigenvalue weighted by molar-refractivity contribution is 6.42. The first-order chi connectivity index (χ1) is 14.7. The van der Waals surface area contributed by atoms with E-state index in [0.29, 0.717) is 41.8 Å². The number of nitrogens with zero attached hydrogens (tertiary/aromatic N) is 1. The van der Waals surface area contributed by atoms with Crippen molar-refractivity contribution in [2.24, 2.45) is 0 Å². The molecule has 1 atom stereocenters. The molecule has 2 N–H and O–H groups in total. The monoisotopic (exact) mass is 475 g/mol. The summed E-state index contributed by atoms with van der Waals surface area (Å²) >= 11 is 12.0. The van der Waals surface area contributed by atoms with Crippen LogP contribution in [0.1, 0.15) is 16.7 Å². The lowest BCUT2D eigenvalue weighted by molar-refractivity contribution is -0.137. The molecule has 0 radical (unpaired) electrons. The summed E-state index contributed by atoms with van der Waals surface area (Å²) in [6, 6.07) is 9.78. The molecule has 1 saturated heterocycles. The molecule has 1 aliphatic heterocycles. The molecule has 168 valence electrons. The number of hydrogen-bond donors (Lipinski definition) is 2. The molecular weight excluding hydrogens is 454 g/mol. The van der Waals surface area contributed by atoms with Crippen LogP contribution in [-0.4, -0.2) is 43.3 Å². The molecule has 0 aromatic heterocycles. The second kappa shape index (κ2) is 10.5. The number of alkyl halides is 3. The Balaban J connectivity index is 1.40. The van der Waals surface area contributed by atoms with Crippen molar-refractivity contribution in [1.82, 2.24) is 15.5 Å². The van der Waals surface area contributed by atoms with E-state index in [4.69, 9.17) is 27.9 Å². The smallest absolute Gasteiger partial charge is 0.374 e. The molecule has 1 fully saturated rings. The number of benzene rings is 2. The third kappa shape index (κ3) is 7.28. The van der Waals surface area contributed by atoms with Gasteiger partial charge in [0.15, 0.2) is 0 Å². The lowest BCUT2D eigenvalue weighted by atomic mass is 10.1. The Bertz CT molecular complexity index is 894. The molecule has 0 aliphatic carbocycles. The van der Waals surface area contributed by atoms with Crippen LogP contribution in [0, 0.1) is 0 Å². The van der Waals surface area contributed by atoms with Crippen LogP contribution < -0.4 is 10.6 Å². The van der Waals surface area contributed by atoms with Gasteiger partial charge in [0.2, 0.25) is 0 Å². The van der Waals surface area contributed by atoms with Gasteiger partial charge in [-0.2, -0.15) is 13.2 Å². The van der Waals surface area contributed by atoms with E-state index in [-0.39, 0.29) is 12.6 Å².